The van der Waals surface area contributed by atoms with Crippen molar-refractivity contribution in [2.24, 2.45) is 18.9 Å². The first-order valence-corrected chi connectivity index (χ1v) is 8.16. The lowest BCUT2D eigenvalue weighted by molar-refractivity contribution is -0.145. The molecular formula is C16H25N5O3. The number of nitrogens with zero attached hydrogens (tertiary/aromatic N) is 3. The van der Waals surface area contributed by atoms with Crippen molar-refractivity contribution in [3.63, 3.8) is 0 Å². The van der Waals surface area contributed by atoms with E-state index in [0.29, 0.717) is 25.9 Å². The van der Waals surface area contributed by atoms with Crippen LogP contribution in [0.3, 0.4) is 0 Å². The lowest BCUT2D eigenvalue weighted by Gasteiger charge is -2.28. The monoisotopic (exact) mass is 335 g/mol. The molecule has 0 unspecified atom stereocenters. The lowest BCUT2D eigenvalue weighted by atomic mass is 9.85. The molecule has 1 aliphatic heterocycles. The quantitative estimate of drug-likeness (QED) is 0.708. The van der Waals surface area contributed by atoms with Gasteiger partial charge in [0.1, 0.15) is 0 Å². The summed E-state index contributed by atoms with van der Waals surface area (Å²) in [7, 11) is 1.90. The zero-order chi connectivity index (χ0) is 17.7. The fourth-order valence-corrected chi connectivity index (χ4v) is 3.02. The average molecular weight is 335 g/mol. The Morgan fingerprint density at radius 1 is 1.50 bits per heavy atom. The third-order valence-corrected chi connectivity index (χ3v) is 4.38. The van der Waals surface area contributed by atoms with E-state index in [4.69, 9.17) is 10.1 Å². The van der Waals surface area contributed by atoms with E-state index in [2.05, 4.69) is 10.3 Å². The van der Waals surface area contributed by atoms with E-state index in [9.17, 15) is 9.59 Å². The standard InChI is InChI=1S/C16H25N5O3/c1-4-14(15(23)21-6-5-19-16(21)17)12(9-24-11(2)22)7-13-8-18-10-20(13)3/h8,10,12,14H,4-7,9H2,1-3H3,(H2,17,19)/t12-,14-/m0/s1. The number of aryl methyl sites for hydroxylation is 1. The number of imidazole rings is 1. The average Bonchev–Trinajstić information content (AvgIpc) is 3.13. The summed E-state index contributed by atoms with van der Waals surface area (Å²) in [5.41, 5.74) is 0.980. The van der Waals surface area contributed by atoms with Crippen molar-refractivity contribution in [2.75, 3.05) is 19.7 Å². The van der Waals surface area contributed by atoms with Gasteiger partial charge in [0.25, 0.3) is 0 Å². The minimum absolute atomic E-state index is 0.0909. The molecule has 1 aliphatic rings. The second kappa shape index (κ2) is 7.94. The molecule has 0 saturated carbocycles. The Kier molecular flexibility index (Phi) is 5.94. The van der Waals surface area contributed by atoms with E-state index in [1.165, 1.54) is 11.8 Å². The van der Waals surface area contributed by atoms with Gasteiger partial charge in [-0.2, -0.15) is 0 Å². The number of hydrogen-bond donors (Lipinski definition) is 2. The zero-order valence-corrected chi connectivity index (χ0v) is 14.4. The van der Waals surface area contributed by atoms with Gasteiger partial charge in [-0.05, 0) is 12.8 Å². The molecule has 2 rings (SSSR count). The number of ether oxygens (including phenoxy) is 1. The molecule has 1 aromatic heterocycles. The minimum atomic E-state index is -0.358. The topological polar surface area (TPSA) is 100 Å². The SMILES string of the molecule is CC[C@H](C(=O)N1CCNC1=N)[C@H](COC(C)=O)Cc1cncn1C. The van der Waals surface area contributed by atoms with Crippen molar-refractivity contribution in [1.29, 1.82) is 5.41 Å². The molecule has 1 saturated heterocycles. The van der Waals surface area contributed by atoms with Gasteiger partial charge in [-0.1, -0.05) is 6.92 Å². The number of hydrogen-bond acceptors (Lipinski definition) is 5. The van der Waals surface area contributed by atoms with Gasteiger partial charge >= 0.3 is 5.97 Å². The van der Waals surface area contributed by atoms with Crippen LogP contribution < -0.4 is 5.32 Å². The van der Waals surface area contributed by atoms with E-state index in [1.54, 1.807) is 12.5 Å². The number of esters is 1. The molecular weight excluding hydrogens is 310 g/mol. The van der Waals surface area contributed by atoms with Crippen molar-refractivity contribution in [3.8, 4) is 0 Å². The first-order chi connectivity index (χ1) is 11.4. The van der Waals surface area contributed by atoms with Crippen molar-refractivity contribution in [3.05, 3.63) is 18.2 Å². The van der Waals surface area contributed by atoms with E-state index < -0.39 is 0 Å². The highest BCUT2D eigenvalue weighted by Crippen LogP contribution is 2.24. The molecule has 2 heterocycles. The first-order valence-electron chi connectivity index (χ1n) is 8.16. The molecule has 1 fully saturated rings. The molecule has 132 valence electrons. The highest BCUT2D eigenvalue weighted by molar-refractivity contribution is 5.98. The maximum atomic E-state index is 12.9. The predicted molar refractivity (Wildman–Crippen MR) is 88.3 cm³/mol. The van der Waals surface area contributed by atoms with Crippen LogP contribution in [0.5, 0.6) is 0 Å². The fraction of sp³-hybridized carbons (Fsp3) is 0.625. The third-order valence-electron chi connectivity index (χ3n) is 4.38. The number of carbonyl (C=O) groups is 2. The van der Waals surface area contributed by atoms with E-state index in [1.807, 2.05) is 18.5 Å². The number of amides is 1. The summed E-state index contributed by atoms with van der Waals surface area (Å²) in [6.07, 6.45) is 4.67. The first kappa shape index (κ1) is 18.0. The smallest absolute Gasteiger partial charge is 0.302 e. The molecule has 8 heteroatoms. The zero-order valence-electron chi connectivity index (χ0n) is 14.4. The van der Waals surface area contributed by atoms with Gasteiger partial charge in [0, 0.05) is 50.8 Å². The molecule has 0 radical (unpaired) electrons. The summed E-state index contributed by atoms with van der Waals surface area (Å²) in [5, 5.41) is 10.7. The maximum absolute atomic E-state index is 12.9. The lowest BCUT2D eigenvalue weighted by Crippen LogP contribution is -2.43. The summed E-state index contributed by atoms with van der Waals surface area (Å²) in [6.45, 7) is 4.58. The molecule has 8 nitrogen and oxygen atoms in total. The summed E-state index contributed by atoms with van der Waals surface area (Å²) in [4.78, 5) is 29.7. The molecule has 1 aromatic rings. The van der Waals surface area contributed by atoms with Gasteiger partial charge in [0.2, 0.25) is 5.91 Å². The van der Waals surface area contributed by atoms with Crippen LogP contribution in [-0.2, 0) is 27.8 Å². The largest absolute Gasteiger partial charge is 0.466 e. The Labute approximate surface area is 141 Å². The Morgan fingerprint density at radius 2 is 2.25 bits per heavy atom. The van der Waals surface area contributed by atoms with Crippen molar-refractivity contribution in [2.45, 2.75) is 26.7 Å². The summed E-state index contributed by atoms with van der Waals surface area (Å²) >= 11 is 0. The number of carbonyl (C=O) groups excluding carboxylic acids is 2. The van der Waals surface area contributed by atoms with E-state index >= 15 is 0 Å². The van der Waals surface area contributed by atoms with Gasteiger partial charge in [-0.15, -0.1) is 0 Å². The van der Waals surface area contributed by atoms with Crippen LogP contribution in [-0.4, -0.2) is 52.0 Å². The van der Waals surface area contributed by atoms with Gasteiger partial charge in [-0.3, -0.25) is 19.9 Å². The molecule has 0 spiro atoms. The Hall–Kier alpha value is -2.38. The van der Waals surface area contributed by atoms with Crippen LogP contribution in [0.25, 0.3) is 0 Å². The van der Waals surface area contributed by atoms with Crippen LogP contribution in [0.4, 0.5) is 0 Å². The third kappa shape index (κ3) is 4.12. The number of aromatic nitrogens is 2. The Balaban J connectivity index is 2.18. The summed E-state index contributed by atoms with van der Waals surface area (Å²) in [6, 6.07) is 0. The van der Waals surface area contributed by atoms with E-state index in [-0.39, 0.29) is 36.3 Å². The van der Waals surface area contributed by atoms with Gasteiger partial charge in [-0.25, -0.2) is 4.98 Å². The van der Waals surface area contributed by atoms with Crippen LogP contribution in [0.2, 0.25) is 0 Å². The highest BCUT2D eigenvalue weighted by atomic mass is 16.5. The van der Waals surface area contributed by atoms with Gasteiger partial charge in [0.15, 0.2) is 5.96 Å². The molecule has 1 amide bonds. The van der Waals surface area contributed by atoms with E-state index in [0.717, 1.165) is 5.69 Å². The van der Waals surface area contributed by atoms with Crippen molar-refractivity contribution >= 4 is 17.8 Å². The Bertz CT molecular complexity index is 613. The molecule has 2 atom stereocenters. The highest BCUT2D eigenvalue weighted by Gasteiger charge is 2.34. The fourth-order valence-electron chi connectivity index (χ4n) is 3.02. The molecule has 0 bridgehead atoms. The second-order valence-electron chi connectivity index (χ2n) is 6.04. The number of nitrogens with one attached hydrogen (secondary N) is 2. The minimum Gasteiger partial charge on any atom is -0.466 e. The van der Waals surface area contributed by atoms with Gasteiger partial charge < -0.3 is 14.6 Å². The maximum Gasteiger partial charge on any atom is 0.302 e. The molecule has 24 heavy (non-hydrogen) atoms. The van der Waals surface area contributed by atoms with Crippen LogP contribution in [0.1, 0.15) is 26.0 Å². The van der Waals surface area contributed by atoms with Crippen LogP contribution in [0.15, 0.2) is 12.5 Å². The van der Waals surface area contributed by atoms with Crippen molar-refractivity contribution in [1.82, 2.24) is 19.8 Å². The number of rotatable bonds is 7. The van der Waals surface area contributed by atoms with Crippen LogP contribution in [0, 0.1) is 17.2 Å². The Morgan fingerprint density at radius 3 is 2.75 bits per heavy atom. The summed E-state index contributed by atoms with van der Waals surface area (Å²) < 4.78 is 7.11. The normalized spacial score (nSPS) is 16.6. The second-order valence-corrected chi connectivity index (χ2v) is 6.04. The molecule has 0 aromatic carbocycles. The predicted octanol–water partition coefficient (Wildman–Crippen LogP) is 0.535. The molecule has 2 N–H and O–H groups in total. The summed E-state index contributed by atoms with van der Waals surface area (Å²) in [5.74, 6) is -0.783. The van der Waals surface area contributed by atoms with Crippen LogP contribution >= 0.6 is 0 Å². The number of guanidine groups is 1. The van der Waals surface area contributed by atoms with Gasteiger partial charge in [0.05, 0.1) is 12.9 Å². The molecule has 0 aliphatic carbocycles. The van der Waals surface area contributed by atoms with Crippen molar-refractivity contribution < 1.29 is 14.3 Å².